The van der Waals surface area contributed by atoms with Gasteiger partial charge in [-0.15, -0.1) is 24.0 Å². The number of guanidine groups is 1. The summed E-state index contributed by atoms with van der Waals surface area (Å²) in [7, 11) is 1.71. The van der Waals surface area contributed by atoms with Crippen molar-refractivity contribution in [2.24, 2.45) is 4.99 Å². The molecule has 0 aliphatic carbocycles. The third kappa shape index (κ3) is 6.15. The fraction of sp³-hybridized carbons (Fsp3) is 0.696. The highest BCUT2D eigenvalue weighted by molar-refractivity contribution is 14.0. The topological polar surface area (TPSA) is 52.6 Å². The summed E-state index contributed by atoms with van der Waals surface area (Å²) in [5, 5.41) is 3.56. The SMILES string of the molecule is CCNC(=NCC1(N2CCOCC2)CCSC1)N1CCN(c2ccc(OC)cc2)CC1.I. The molecule has 1 N–H and O–H groups in total. The number of aliphatic imine (C=N–C) groups is 1. The van der Waals surface area contributed by atoms with E-state index in [9.17, 15) is 0 Å². The minimum absolute atomic E-state index is 0. The number of anilines is 1. The summed E-state index contributed by atoms with van der Waals surface area (Å²) in [4.78, 5) is 12.7. The highest BCUT2D eigenvalue weighted by Crippen LogP contribution is 2.34. The van der Waals surface area contributed by atoms with Crippen LogP contribution in [0.3, 0.4) is 0 Å². The Bertz CT molecular complexity index is 716. The minimum atomic E-state index is 0. The molecule has 1 atom stereocenters. The van der Waals surface area contributed by atoms with E-state index in [1.807, 2.05) is 12.1 Å². The van der Waals surface area contributed by atoms with Gasteiger partial charge in [0.05, 0.1) is 32.4 Å². The van der Waals surface area contributed by atoms with Gasteiger partial charge in [0.15, 0.2) is 5.96 Å². The molecule has 0 amide bonds. The van der Waals surface area contributed by atoms with Crippen LogP contribution in [0.2, 0.25) is 0 Å². The number of hydrogen-bond acceptors (Lipinski definition) is 6. The molecule has 3 saturated heterocycles. The van der Waals surface area contributed by atoms with Crippen molar-refractivity contribution in [1.82, 2.24) is 15.1 Å². The van der Waals surface area contributed by atoms with Gasteiger partial charge in [-0.3, -0.25) is 9.89 Å². The predicted molar refractivity (Wildman–Crippen MR) is 145 cm³/mol. The molecular weight excluding hydrogens is 537 g/mol. The Balaban J connectivity index is 0.00000289. The van der Waals surface area contributed by atoms with Crippen molar-refractivity contribution in [1.29, 1.82) is 0 Å². The van der Waals surface area contributed by atoms with Crippen molar-refractivity contribution in [3.63, 3.8) is 0 Å². The van der Waals surface area contributed by atoms with Crippen LogP contribution in [0, 0.1) is 0 Å². The normalized spacial score (nSPS) is 24.9. The second-order valence-electron chi connectivity index (χ2n) is 8.47. The number of nitrogens with zero attached hydrogens (tertiary/aromatic N) is 4. The maximum atomic E-state index is 5.61. The van der Waals surface area contributed by atoms with Crippen molar-refractivity contribution >= 4 is 47.4 Å². The number of ether oxygens (including phenoxy) is 2. The second kappa shape index (κ2) is 12.5. The molecule has 1 aromatic carbocycles. The zero-order valence-corrected chi connectivity index (χ0v) is 22.6. The van der Waals surface area contributed by atoms with E-state index in [2.05, 4.69) is 50.8 Å². The van der Waals surface area contributed by atoms with Gasteiger partial charge in [-0.2, -0.15) is 11.8 Å². The fourth-order valence-corrected chi connectivity index (χ4v) is 6.19. The average molecular weight is 576 g/mol. The lowest BCUT2D eigenvalue weighted by Gasteiger charge is -2.42. The van der Waals surface area contributed by atoms with E-state index in [1.165, 1.54) is 23.6 Å². The molecule has 3 heterocycles. The highest BCUT2D eigenvalue weighted by atomic mass is 127. The van der Waals surface area contributed by atoms with E-state index in [-0.39, 0.29) is 29.5 Å². The number of hydrogen-bond donors (Lipinski definition) is 1. The van der Waals surface area contributed by atoms with Gasteiger partial charge in [-0.25, -0.2) is 0 Å². The van der Waals surface area contributed by atoms with Crippen LogP contribution in [0.1, 0.15) is 13.3 Å². The van der Waals surface area contributed by atoms with Gasteiger partial charge in [-0.1, -0.05) is 0 Å². The number of rotatable bonds is 6. The summed E-state index contributed by atoms with van der Waals surface area (Å²) in [5.41, 5.74) is 1.46. The Hall–Kier alpha value is -0.910. The van der Waals surface area contributed by atoms with Gasteiger partial charge in [0.1, 0.15) is 5.75 Å². The van der Waals surface area contributed by atoms with Crippen LogP contribution < -0.4 is 15.0 Å². The van der Waals surface area contributed by atoms with Gasteiger partial charge in [-0.05, 0) is 43.4 Å². The van der Waals surface area contributed by atoms with Crippen LogP contribution in [0.25, 0.3) is 0 Å². The molecule has 1 aromatic rings. The van der Waals surface area contributed by atoms with Gasteiger partial charge >= 0.3 is 0 Å². The first kappa shape index (κ1) is 25.7. The van der Waals surface area contributed by atoms with E-state index in [0.29, 0.717) is 0 Å². The Kier molecular flexibility index (Phi) is 10.1. The molecule has 32 heavy (non-hydrogen) atoms. The summed E-state index contributed by atoms with van der Waals surface area (Å²) in [6.45, 7) is 11.7. The number of piperazine rings is 1. The van der Waals surface area contributed by atoms with Crippen LogP contribution in [-0.4, -0.2) is 105 Å². The summed E-state index contributed by atoms with van der Waals surface area (Å²) >= 11 is 2.07. The lowest BCUT2D eigenvalue weighted by atomic mass is 9.96. The third-order valence-corrected chi connectivity index (χ3v) is 7.87. The third-order valence-electron chi connectivity index (χ3n) is 6.64. The van der Waals surface area contributed by atoms with Crippen molar-refractivity contribution in [2.75, 3.05) is 89.1 Å². The molecule has 7 nitrogen and oxygen atoms in total. The van der Waals surface area contributed by atoms with Gasteiger partial charge in [0, 0.05) is 57.3 Å². The van der Waals surface area contributed by atoms with E-state index in [0.717, 1.165) is 77.3 Å². The lowest BCUT2D eigenvalue weighted by Crippen LogP contribution is -2.57. The number of morpholine rings is 1. The Morgan fingerprint density at radius 3 is 2.44 bits per heavy atom. The first-order chi connectivity index (χ1) is 15.2. The molecule has 3 fully saturated rings. The molecule has 0 radical (unpaired) electrons. The van der Waals surface area contributed by atoms with Crippen LogP contribution >= 0.6 is 35.7 Å². The smallest absolute Gasteiger partial charge is 0.194 e. The number of nitrogens with one attached hydrogen (secondary N) is 1. The van der Waals surface area contributed by atoms with Crippen LogP contribution in [0.5, 0.6) is 5.75 Å². The number of benzene rings is 1. The van der Waals surface area contributed by atoms with Crippen LogP contribution in [0.15, 0.2) is 29.3 Å². The first-order valence-corrected chi connectivity index (χ1v) is 12.7. The van der Waals surface area contributed by atoms with Crippen molar-refractivity contribution in [2.45, 2.75) is 18.9 Å². The number of thioether (sulfide) groups is 1. The lowest BCUT2D eigenvalue weighted by molar-refractivity contribution is -0.0105. The standard InChI is InChI=1S/C23H37N5O2S.HI/c1-3-24-22(25-18-23(8-17-31-19-23)28-13-15-30-16-14-28)27-11-9-26(10-12-27)20-4-6-21(29-2)7-5-20;/h4-7H,3,8-19H2,1-2H3,(H,24,25);1H. The van der Waals surface area contributed by atoms with Crippen molar-refractivity contribution < 1.29 is 9.47 Å². The Morgan fingerprint density at radius 2 is 1.84 bits per heavy atom. The van der Waals surface area contributed by atoms with E-state index >= 15 is 0 Å². The maximum absolute atomic E-state index is 5.61. The Labute approximate surface area is 214 Å². The molecule has 180 valence electrons. The zero-order chi connectivity index (χ0) is 21.5. The molecule has 0 aromatic heterocycles. The van der Waals surface area contributed by atoms with Gasteiger partial charge in [0.2, 0.25) is 0 Å². The molecule has 0 bridgehead atoms. The summed E-state index contributed by atoms with van der Waals surface area (Å²) in [5.74, 6) is 4.40. The number of halogens is 1. The van der Waals surface area contributed by atoms with E-state index in [1.54, 1.807) is 7.11 Å². The molecule has 0 saturated carbocycles. The molecule has 3 aliphatic rings. The first-order valence-electron chi connectivity index (χ1n) is 11.6. The summed E-state index contributed by atoms with van der Waals surface area (Å²) in [6.07, 6.45) is 1.23. The maximum Gasteiger partial charge on any atom is 0.194 e. The van der Waals surface area contributed by atoms with E-state index in [4.69, 9.17) is 14.5 Å². The van der Waals surface area contributed by atoms with Crippen LogP contribution in [-0.2, 0) is 4.74 Å². The quantitative estimate of drug-likeness (QED) is 0.318. The second-order valence-corrected chi connectivity index (χ2v) is 9.57. The van der Waals surface area contributed by atoms with Crippen molar-refractivity contribution in [3.05, 3.63) is 24.3 Å². The van der Waals surface area contributed by atoms with Gasteiger partial charge < -0.3 is 24.6 Å². The molecule has 0 spiro atoms. The molecule has 4 rings (SSSR count). The Morgan fingerprint density at radius 1 is 1.12 bits per heavy atom. The minimum Gasteiger partial charge on any atom is -0.497 e. The fourth-order valence-electron chi connectivity index (χ4n) is 4.73. The number of methoxy groups -OCH3 is 1. The summed E-state index contributed by atoms with van der Waals surface area (Å²) < 4.78 is 10.9. The molecular formula is C23H38IN5O2S. The predicted octanol–water partition coefficient (Wildman–Crippen LogP) is 2.61. The largest absolute Gasteiger partial charge is 0.497 e. The monoisotopic (exact) mass is 575 g/mol. The highest BCUT2D eigenvalue weighted by Gasteiger charge is 2.40. The van der Waals surface area contributed by atoms with Crippen LogP contribution in [0.4, 0.5) is 5.69 Å². The van der Waals surface area contributed by atoms with E-state index < -0.39 is 0 Å². The van der Waals surface area contributed by atoms with Crippen molar-refractivity contribution in [3.8, 4) is 5.75 Å². The molecule has 9 heteroatoms. The zero-order valence-electron chi connectivity index (χ0n) is 19.4. The molecule has 3 aliphatic heterocycles. The average Bonchev–Trinajstić information content (AvgIpc) is 3.33. The molecule has 1 unspecified atom stereocenters. The van der Waals surface area contributed by atoms with Gasteiger partial charge in [0.25, 0.3) is 0 Å². The summed E-state index contributed by atoms with van der Waals surface area (Å²) in [6, 6.07) is 8.38.